The van der Waals surface area contributed by atoms with E-state index in [2.05, 4.69) is 129 Å². The number of ether oxygens (including phenoxy) is 1. The number of unbranched alkanes of at least 4 members (excludes halogenated alkanes) is 15. The molecule has 3 unspecified atom stereocenters. The minimum atomic E-state index is -4.78. The fourth-order valence-electron chi connectivity index (χ4n) is 6.56. The molecule has 0 aromatic heterocycles. The molecular formula is C56H92NO10P. The number of carboxylic acids is 1. The monoisotopic (exact) mass is 970 g/mol. The molecule has 4 N–H and O–H groups in total. The maximum atomic E-state index is 12.4. The van der Waals surface area contributed by atoms with E-state index in [1.54, 1.807) is 0 Å². The molecule has 0 aliphatic rings. The molecule has 0 radical (unpaired) electrons. The Kier molecular flexibility index (Phi) is 46.7. The van der Waals surface area contributed by atoms with Crippen LogP contribution in [-0.4, -0.2) is 64.9 Å². The van der Waals surface area contributed by atoms with Gasteiger partial charge < -0.3 is 25.2 Å². The summed E-state index contributed by atoms with van der Waals surface area (Å²) in [5, 5.41) is 21.9. The summed E-state index contributed by atoms with van der Waals surface area (Å²) in [4.78, 5) is 46.2. The number of carbonyl (C=O) groups excluding carboxylic acids is 2. The third kappa shape index (κ3) is 48.6. The normalized spacial score (nSPS) is 14.4. The number of amides is 1. The van der Waals surface area contributed by atoms with Crippen LogP contribution in [0, 0.1) is 0 Å². The SMILES string of the molecule is CC/C=C\C/C=C\C/C=C\C/C=C\C/C=C\CCCCCCCC(=O)OCC(O)COP(=O)(O)OCC(NC(=O)CCCCCCCCC/C=C\C/C=C\C/C=C\C/C=C\CCCCC)C(=O)O. The van der Waals surface area contributed by atoms with Gasteiger partial charge in [-0.3, -0.25) is 18.6 Å². The molecule has 0 heterocycles. The zero-order chi connectivity index (χ0) is 49.9. The standard InChI is InChI=1S/C56H92NO10P/c1-3-5-7-9-11-13-15-17-19-21-23-25-26-28-29-31-33-35-37-39-41-43-45-47-54(59)57-53(56(61)62)51-67-68(63,64)66-50-52(58)49-65-55(60)48-46-44-42-40-38-36-34-32-30-27-24-22-20-18-16-14-12-10-8-6-4-2/h6,8,11-14,17-20,23-25,27-29,32,34,52-53,58H,3-5,7,9-10,15-16,21-22,26,30-31,33,35-51H2,1-2H3,(H,57,59)(H,61,62)(H,63,64)/b8-6-,13-11-,14-12-,19-17-,20-18-,25-23-,27-24-,29-28-,34-32-. The Morgan fingerprint density at radius 1 is 0.485 bits per heavy atom. The van der Waals surface area contributed by atoms with Crippen molar-refractivity contribution in [2.24, 2.45) is 0 Å². The van der Waals surface area contributed by atoms with Gasteiger partial charge in [-0.25, -0.2) is 9.36 Å². The van der Waals surface area contributed by atoms with Crippen molar-refractivity contribution in [1.82, 2.24) is 5.32 Å². The number of allylic oxidation sites excluding steroid dienone is 18. The van der Waals surface area contributed by atoms with Gasteiger partial charge in [0.05, 0.1) is 13.2 Å². The van der Waals surface area contributed by atoms with Crippen molar-refractivity contribution < 1.29 is 47.8 Å². The van der Waals surface area contributed by atoms with Gasteiger partial charge in [-0.2, -0.15) is 0 Å². The number of nitrogens with one attached hydrogen (secondary N) is 1. The molecule has 0 aliphatic carbocycles. The summed E-state index contributed by atoms with van der Waals surface area (Å²) in [5.41, 5.74) is 0. The van der Waals surface area contributed by atoms with Crippen LogP contribution in [0.1, 0.15) is 194 Å². The summed E-state index contributed by atoms with van der Waals surface area (Å²) in [7, 11) is -4.78. The van der Waals surface area contributed by atoms with Crippen LogP contribution >= 0.6 is 7.82 Å². The maximum absolute atomic E-state index is 12.4. The number of carboxylic acid groups (broad SMARTS) is 1. The molecular weight excluding hydrogens is 878 g/mol. The van der Waals surface area contributed by atoms with Crippen LogP contribution in [0.5, 0.6) is 0 Å². The van der Waals surface area contributed by atoms with Crippen LogP contribution in [0.25, 0.3) is 0 Å². The van der Waals surface area contributed by atoms with Gasteiger partial charge in [-0.05, 0) is 103 Å². The third-order valence-electron chi connectivity index (χ3n) is 10.5. The van der Waals surface area contributed by atoms with Crippen LogP contribution in [0.4, 0.5) is 0 Å². The molecule has 3 atom stereocenters. The molecule has 0 saturated carbocycles. The number of carbonyl (C=O) groups is 3. The molecule has 386 valence electrons. The summed E-state index contributed by atoms with van der Waals surface area (Å²) in [5.74, 6) is -2.42. The van der Waals surface area contributed by atoms with Crippen molar-refractivity contribution in [2.75, 3.05) is 19.8 Å². The van der Waals surface area contributed by atoms with Gasteiger partial charge in [0, 0.05) is 12.8 Å². The second kappa shape index (κ2) is 49.6. The van der Waals surface area contributed by atoms with Gasteiger partial charge in [0.25, 0.3) is 0 Å². The summed E-state index contributed by atoms with van der Waals surface area (Å²) in [6.45, 7) is 2.43. The van der Waals surface area contributed by atoms with Gasteiger partial charge in [-0.15, -0.1) is 0 Å². The van der Waals surface area contributed by atoms with Crippen molar-refractivity contribution in [3.05, 3.63) is 109 Å². The maximum Gasteiger partial charge on any atom is 0.472 e. The Balaban J connectivity index is 3.92. The second-order valence-electron chi connectivity index (χ2n) is 17.0. The lowest BCUT2D eigenvalue weighted by Gasteiger charge is -2.18. The molecule has 0 aliphatic heterocycles. The van der Waals surface area contributed by atoms with Crippen molar-refractivity contribution in [3.63, 3.8) is 0 Å². The smallest absolute Gasteiger partial charge is 0.472 e. The lowest BCUT2D eigenvalue weighted by molar-refractivity contribution is -0.147. The zero-order valence-corrected chi connectivity index (χ0v) is 43.0. The molecule has 1 amide bonds. The Morgan fingerprint density at radius 2 is 0.853 bits per heavy atom. The molecule has 68 heavy (non-hydrogen) atoms. The predicted molar refractivity (Wildman–Crippen MR) is 281 cm³/mol. The number of aliphatic carboxylic acids is 1. The Hall–Kier alpha value is -3.86. The third-order valence-corrected chi connectivity index (χ3v) is 11.5. The number of aliphatic hydroxyl groups is 1. The Morgan fingerprint density at radius 3 is 1.28 bits per heavy atom. The predicted octanol–water partition coefficient (Wildman–Crippen LogP) is 14.6. The van der Waals surface area contributed by atoms with E-state index in [4.69, 9.17) is 13.8 Å². The highest BCUT2D eigenvalue weighted by molar-refractivity contribution is 7.47. The summed E-state index contributed by atoms with van der Waals surface area (Å²) in [6, 6.07) is -1.56. The number of esters is 1. The number of hydrogen-bond donors (Lipinski definition) is 4. The summed E-state index contributed by atoms with van der Waals surface area (Å²) in [6.07, 6.45) is 65.3. The Labute approximate surface area is 412 Å². The average Bonchev–Trinajstić information content (AvgIpc) is 3.32. The number of aliphatic hydroxyl groups excluding tert-OH is 1. The lowest BCUT2D eigenvalue weighted by atomic mass is 10.1. The number of rotatable bonds is 47. The highest BCUT2D eigenvalue weighted by Gasteiger charge is 2.28. The quantitative estimate of drug-likeness (QED) is 0.0199. The molecule has 0 bridgehead atoms. The van der Waals surface area contributed by atoms with Crippen LogP contribution in [0.2, 0.25) is 0 Å². The first kappa shape index (κ1) is 64.1. The largest absolute Gasteiger partial charge is 0.480 e. The van der Waals surface area contributed by atoms with Crippen molar-refractivity contribution in [2.45, 2.75) is 206 Å². The first-order valence-corrected chi connectivity index (χ1v) is 27.4. The van der Waals surface area contributed by atoms with Crippen LogP contribution < -0.4 is 5.32 Å². The highest BCUT2D eigenvalue weighted by atomic mass is 31.2. The molecule has 0 aromatic rings. The van der Waals surface area contributed by atoms with E-state index in [0.717, 1.165) is 128 Å². The van der Waals surface area contributed by atoms with Gasteiger partial charge in [0.15, 0.2) is 6.04 Å². The zero-order valence-electron chi connectivity index (χ0n) is 42.1. The first-order chi connectivity index (χ1) is 33.1. The van der Waals surface area contributed by atoms with E-state index in [1.807, 2.05) is 0 Å². The van der Waals surface area contributed by atoms with E-state index in [0.29, 0.717) is 12.8 Å². The van der Waals surface area contributed by atoms with Crippen LogP contribution in [0.3, 0.4) is 0 Å². The average molecular weight is 970 g/mol. The van der Waals surface area contributed by atoms with Gasteiger partial charge in [0.2, 0.25) is 5.91 Å². The molecule has 0 aromatic carbocycles. The van der Waals surface area contributed by atoms with Crippen LogP contribution in [0.15, 0.2) is 109 Å². The van der Waals surface area contributed by atoms with E-state index in [1.165, 1.54) is 25.7 Å². The molecule has 11 nitrogen and oxygen atoms in total. The van der Waals surface area contributed by atoms with Crippen molar-refractivity contribution in [1.29, 1.82) is 0 Å². The minimum absolute atomic E-state index is 0.125. The van der Waals surface area contributed by atoms with Crippen molar-refractivity contribution >= 4 is 25.7 Å². The molecule has 0 saturated heterocycles. The topological polar surface area (TPSA) is 169 Å². The van der Waals surface area contributed by atoms with Gasteiger partial charge in [-0.1, -0.05) is 187 Å². The molecule has 12 heteroatoms. The Bertz CT molecular complexity index is 1560. The van der Waals surface area contributed by atoms with E-state index in [-0.39, 0.29) is 12.8 Å². The lowest BCUT2D eigenvalue weighted by Crippen LogP contribution is -2.43. The first-order valence-electron chi connectivity index (χ1n) is 25.9. The fourth-order valence-corrected chi connectivity index (χ4v) is 7.33. The van der Waals surface area contributed by atoms with E-state index >= 15 is 0 Å². The minimum Gasteiger partial charge on any atom is -0.480 e. The second-order valence-corrected chi connectivity index (χ2v) is 18.4. The van der Waals surface area contributed by atoms with Gasteiger partial charge in [0.1, 0.15) is 12.7 Å². The van der Waals surface area contributed by atoms with E-state index < -0.39 is 57.6 Å². The molecule has 0 spiro atoms. The fraction of sp³-hybridized carbons (Fsp3) is 0.625. The van der Waals surface area contributed by atoms with Crippen molar-refractivity contribution in [3.8, 4) is 0 Å². The highest BCUT2D eigenvalue weighted by Crippen LogP contribution is 2.43. The van der Waals surface area contributed by atoms with E-state index in [9.17, 15) is 34.1 Å². The molecule has 0 rings (SSSR count). The number of hydrogen-bond acceptors (Lipinski definition) is 8. The van der Waals surface area contributed by atoms with Gasteiger partial charge >= 0.3 is 19.8 Å². The summed E-state index contributed by atoms with van der Waals surface area (Å²) >= 11 is 0. The van der Waals surface area contributed by atoms with Crippen LogP contribution in [-0.2, 0) is 32.7 Å². The number of phosphoric ester groups is 1. The summed E-state index contributed by atoms with van der Waals surface area (Å²) < 4.78 is 26.9. The molecule has 0 fully saturated rings. The number of phosphoric acid groups is 1.